The quantitative estimate of drug-likeness (QED) is 0.322. The minimum atomic E-state index is -0.244. The second-order valence-electron chi connectivity index (χ2n) is 6.76. The lowest BCUT2D eigenvalue weighted by atomic mass is 10.1. The van der Waals surface area contributed by atoms with Crippen LogP contribution in [0.3, 0.4) is 0 Å². The van der Waals surface area contributed by atoms with E-state index in [1.165, 1.54) is 11.3 Å². The van der Waals surface area contributed by atoms with Gasteiger partial charge in [0.25, 0.3) is 5.91 Å². The number of hydrogen-bond acceptors (Lipinski definition) is 6. The molecule has 0 aliphatic heterocycles. The van der Waals surface area contributed by atoms with Crippen molar-refractivity contribution in [2.24, 2.45) is 0 Å². The molecular weight excluding hydrogens is 446 g/mol. The number of thiazole rings is 1. The Hall–Kier alpha value is -3.55. The Balaban J connectivity index is 1.33. The predicted molar refractivity (Wildman–Crippen MR) is 129 cm³/mol. The summed E-state index contributed by atoms with van der Waals surface area (Å²) in [7, 11) is 1.64. The fourth-order valence-electron chi connectivity index (χ4n) is 2.89. The highest BCUT2D eigenvalue weighted by Gasteiger charge is 2.08. The molecule has 0 radical (unpaired) electrons. The summed E-state index contributed by atoms with van der Waals surface area (Å²) in [5.74, 6) is 1.12. The highest BCUT2D eigenvalue weighted by molar-refractivity contribution is 7.14. The molecule has 6 nitrogen and oxygen atoms in total. The molecule has 162 valence electrons. The first kappa shape index (κ1) is 21.7. The molecule has 1 aromatic heterocycles. The van der Waals surface area contributed by atoms with Crippen molar-refractivity contribution in [3.8, 4) is 22.8 Å². The van der Waals surface area contributed by atoms with Crippen LogP contribution in [0.15, 0.2) is 78.2 Å². The maximum Gasteiger partial charge on any atom is 0.262 e. The second kappa shape index (κ2) is 10.2. The van der Waals surface area contributed by atoms with Gasteiger partial charge >= 0.3 is 0 Å². The van der Waals surface area contributed by atoms with Crippen molar-refractivity contribution in [2.75, 3.05) is 24.4 Å². The van der Waals surface area contributed by atoms with E-state index in [9.17, 15) is 4.79 Å². The van der Waals surface area contributed by atoms with Crippen molar-refractivity contribution in [1.82, 2.24) is 4.98 Å². The monoisotopic (exact) mass is 465 g/mol. The first-order valence-electron chi connectivity index (χ1n) is 9.74. The van der Waals surface area contributed by atoms with E-state index in [2.05, 4.69) is 15.6 Å². The molecule has 0 fully saturated rings. The maximum absolute atomic E-state index is 12.1. The fourth-order valence-corrected chi connectivity index (χ4v) is 3.76. The van der Waals surface area contributed by atoms with Gasteiger partial charge in [-0.15, -0.1) is 11.3 Å². The molecule has 1 amide bonds. The summed E-state index contributed by atoms with van der Waals surface area (Å²) in [5.41, 5.74) is 3.40. The Kier molecular flexibility index (Phi) is 6.89. The molecular formula is C24H20ClN3O3S. The van der Waals surface area contributed by atoms with Gasteiger partial charge in [-0.25, -0.2) is 4.98 Å². The van der Waals surface area contributed by atoms with Crippen molar-refractivity contribution in [2.45, 2.75) is 0 Å². The summed E-state index contributed by atoms with van der Waals surface area (Å²) in [4.78, 5) is 16.8. The van der Waals surface area contributed by atoms with Crippen LogP contribution in [0.2, 0.25) is 5.02 Å². The first-order chi connectivity index (χ1) is 15.6. The molecule has 0 atom stereocenters. The maximum atomic E-state index is 12.1. The molecule has 3 aromatic carbocycles. The Morgan fingerprint density at radius 1 is 1.00 bits per heavy atom. The third-order valence-corrected chi connectivity index (χ3v) is 5.48. The van der Waals surface area contributed by atoms with Gasteiger partial charge in [-0.05, 0) is 48.5 Å². The topological polar surface area (TPSA) is 72.5 Å². The zero-order valence-electron chi connectivity index (χ0n) is 17.2. The number of carbonyl (C=O) groups is 1. The lowest BCUT2D eigenvalue weighted by Crippen LogP contribution is -2.20. The Bertz CT molecular complexity index is 1190. The fraction of sp³-hybridized carbons (Fsp3) is 0.0833. The largest absolute Gasteiger partial charge is 0.497 e. The predicted octanol–water partition coefficient (Wildman–Crippen LogP) is 6.23. The van der Waals surface area contributed by atoms with Crippen LogP contribution in [0.4, 0.5) is 16.5 Å². The van der Waals surface area contributed by atoms with Crippen LogP contribution >= 0.6 is 22.9 Å². The number of aromatic nitrogens is 1. The number of rotatable bonds is 8. The molecule has 0 unspecified atom stereocenters. The number of halogens is 1. The van der Waals surface area contributed by atoms with Gasteiger partial charge in [-0.1, -0.05) is 29.8 Å². The molecule has 32 heavy (non-hydrogen) atoms. The van der Waals surface area contributed by atoms with E-state index in [4.69, 9.17) is 21.1 Å². The molecule has 8 heteroatoms. The lowest BCUT2D eigenvalue weighted by molar-refractivity contribution is -0.118. The van der Waals surface area contributed by atoms with Crippen molar-refractivity contribution in [1.29, 1.82) is 0 Å². The third kappa shape index (κ3) is 5.78. The molecule has 0 saturated carbocycles. The van der Waals surface area contributed by atoms with Crippen LogP contribution < -0.4 is 20.1 Å². The first-order valence-corrected chi connectivity index (χ1v) is 11.0. The minimum absolute atomic E-state index is 0.0885. The Morgan fingerprint density at radius 3 is 2.53 bits per heavy atom. The zero-order valence-corrected chi connectivity index (χ0v) is 18.7. The van der Waals surface area contributed by atoms with E-state index < -0.39 is 0 Å². The molecule has 2 N–H and O–H groups in total. The molecule has 0 saturated heterocycles. The van der Waals surface area contributed by atoms with Crippen LogP contribution in [0, 0.1) is 0 Å². The van der Waals surface area contributed by atoms with Crippen molar-refractivity contribution >= 4 is 45.4 Å². The standard InChI is InChI=1S/C24H20ClN3O3S/c1-30-21-4-2-3-19(13-21)27-24-28-22(15-32-24)16-5-9-18(10-6-16)26-23(29)14-31-20-11-7-17(25)8-12-20/h2-13,15H,14H2,1H3,(H,26,29)(H,27,28). The van der Waals surface area contributed by atoms with Crippen LogP contribution in [0.1, 0.15) is 0 Å². The summed E-state index contributed by atoms with van der Waals surface area (Å²) in [6, 6.07) is 22.0. The van der Waals surface area contributed by atoms with E-state index in [0.29, 0.717) is 16.5 Å². The normalized spacial score (nSPS) is 10.4. The number of carbonyl (C=O) groups excluding carboxylic acids is 1. The molecule has 0 aliphatic carbocycles. The number of amides is 1. The molecule has 0 aliphatic rings. The Morgan fingerprint density at radius 2 is 1.78 bits per heavy atom. The summed E-state index contributed by atoms with van der Waals surface area (Å²) in [5, 5.41) is 9.49. The molecule has 4 aromatic rings. The van der Waals surface area contributed by atoms with Gasteiger partial charge < -0.3 is 20.1 Å². The number of methoxy groups -OCH3 is 1. The van der Waals surface area contributed by atoms with E-state index in [0.717, 1.165) is 27.8 Å². The SMILES string of the molecule is COc1cccc(Nc2nc(-c3ccc(NC(=O)COc4ccc(Cl)cc4)cc3)cs2)c1. The van der Waals surface area contributed by atoms with Crippen LogP contribution in [-0.4, -0.2) is 24.6 Å². The summed E-state index contributed by atoms with van der Waals surface area (Å²) in [6.45, 7) is -0.0885. The van der Waals surface area contributed by atoms with E-state index in [-0.39, 0.29) is 12.5 Å². The molecule has 0 bridgehead atoms. The number of anilines is 3. The van der Waals surface area contributed by atoms with Gasteiger partial charge in [0.15, 0.2) is 11.7 Å². The Labute approximate surface area is 194 Å². The average Bonchev–Trinajstić information content (AvgIpc) is 3.28. The number of nitrogens with one attached hydrogen (secondary N) is 2. The van der Waals surface area contributed by atoms with Crippen LogP contribution in [-0.2, 0) is 4.79 Å². The van der Waals surface area contributed by atoms with Crippen LogP contribution in [0.25, 0.3) is 11.3 Å². The number of benzene rings is 3. The van der Waals surface area contributed by atoms with E-state index >= 15 is 0 Å². The van der Waals surface area contributed by atoms with Crippen LogP contribution in [0.5, 0.6) is 11.5 Å². The highest BCUT2D eigenvalue weighted by Crippen LogP contribution is 2.29. The van der Waals surface area contributed by atoms with Crippen molar-refractivity contribution in [3.63, 3.8) is 0 Å². The second-order valence-corrected chi connectivity index (χ2v) is 8.06. The minimum Gasteiger partial charge on any atom is -0.497 e. The molecule has 4 rings (SSSR count). The van der Waals surface area contributed by atoms with Gasteiger partial charge in [0.1, 0.15) is 11.5 Å². The average molecular weight is 466 g/mol. The lowest BCUT2D eigenvalue weighted by Gasteiger charge is -2.08. The van der Waals surface area contributed by atoms with Gasteiger partial charge in [0, 0.05) is 33.4 Å². The number of hydrogen-bond donors (Lipinski definition) is 2. The van der Waals surface area contributed by atoms with Gasteiger partial charge in [-0.2, -0.15) is 0 Å². The zero-order chi connectivity index (χ0) is 22.3. The van der Waals surface area contributed by atoms with Crippen molar-refractivity contribution in [3.05, 3.63) is 83.2 Å². The molecule has 1 heterocycles. The third-order valence-electron chi connectivity index (χ3n) is 4.47. The summed E-state index contributed by atoms with van der Waals surface area (Å²) >= 11 is 7.36. The summed E-state index contributed by atoms with van der Waals surface area (Å²) in [6.07, 6.45) is 0. The smallest absolute Gasteiger partial charge is 0.262 e. The number of nitrogens with zero attached hydrogens (tertiary/aromatic N) is 1. The van der Waals surface area contributed by atoms with Gasteiger partial charge in [0.05, 0.1) is 12.8 Å². The van der Waals surface area contributed by atoms with Crippen molar-refractivity contribution < 1.29 is 14.3 Å². The summed E-state index contributed by atoms with van der Waals surface area (Å²) < 4.78 is 10.7. The highest BCUT2D eigenvalue weighted by atomic mass is 35.5. The van der Waals surface area contributed by atoms with Gasteiger partial charge in [0.2, 0.25) is 0 Å². The molecule has 0 spiro atoms. The van der Waals surface area contributed by atoms with Gasteiger partial charge in [-0.3, -0.25) is 4.79 Å². The van der Waals surface area contributed by atoms with E-state index in [1.807, 2.05) is 53.9 Å². The van der Waals surface area contributed by atoms with E-state index in [1.54, 1.807) is 31.4 Å². The number of ether oxygens (including phenoxy) is 2.